The molecule has 1 amide bonds. The molecule has 21 heavy (non-hydrogen) atoms. The van der Waals surface area contributed by atoms with Gasteiger partial charge in [0, 0.05) is 24.7 Å². The van der Waals surface area contributed by atoms with Gasteiger partial charge < -0.3 is 15.0 Å². The van der Waals surface area contributed by atoms with Crippen LogP contribution in [0, 0.1) is 5.41 Å². The third kappa shape index (κ3) is 2.40. The van der Waals surface area contributed by atoms with Gasteiger partial charge in [-0.25, -0.2) is 9.97 Å². The fourth-order valence-corrected chi connectivity index (χ4v) is 3.05. The Kier molecular flexibility index (Phi) is 3.41. The van der Waals surface area contributed by atoms with E-state index in [1.807, 2.05) is 18.5 Å². The number of rotatable bonds is 3. The van der Waals surface area contributed by atoms with Gasteiger partial charge in [0.05, 0.1) is 18.5 Å². The Bertz CT molecular complexity index is 681. The minimum Gasteiger partial charge on any atom is -0.396 e. The summed E-state index contributed by atoms with van der Waals surface area (Å²) in [5, 5.41) is 12.6. The number of hydrogen-bond acceptors (Lipinski definition) is 4. The van der Waals surface area contributed by atoms with Crippen LogP contribution in [0.1, 0.15) is 36.5 Å². The first-order valence-corrected chi connectivity index (χ1v) is 7.22. The predicted molar refractivity (Wildman–Crippen MR) is 78.8 cm³/mol. The SMILES string of the molecule is Cn1cnc2cc(C(=O)NC3CCCC3(C)CO)cnc21. The highest BCUT2D eigenvalue weighted by Gasteiger charge is 2.39. The van der Waals surface area contributed by atoms with Crippen LogP contribution in [0.3, 0.4) is 0 Å². The Morgan fingerprint density at radius 1 is 1.57 bits per heavy atom. The van der Waals surface area contributed by atoms with Gasteiger partial charge in [0.2, 0.25) is 0 Å². The van der Waals surface area contributed by atoms with E-state index in [9.17, 15) is 9.90 Å². The second-order valence-corrected chi connectivity index (χ2v) is 6.15. The van der Waals surface area contributed by atoms with Crippen molar-refractivity contribution in [1.29, 1.82) is 0 Å². The van der Waals surface area contributed by atoms with Crippen molar-refractivity contribution in [1.82, 2.24) is 19.9 Å². The number of aromatic nitrogens is 3. The van der Waals surface area contributed by atoms with Crippen molar-refractivity contribution in [2.24, 2.45) is 12.5 Å². The summed E-state index contributed by atoms with van der Waals surface area (Å²) in [4.78, 5) is 20.9. The average molecular weight is 288 g/mol. The summed E-state index contributed by atoms with van der Waals surface area (Å²) in [6, 6.07) is 1.76. The smallest absolute Gasteiger partial charge is 0.253 e. The molecule has 2 N–H and O–H groups in total. The summed E-state index contributed by atoms with van der Waals surface area (Å²) < 4.78 is 1.82. The summed E-state index contributed by atoms with van der Waals surface area (Å²) in [7, 11) is 1.87. The van der Waals surface area contributed by atoms with Crippen LogP contribution in [0.5, 0.6) is 0 Å². The maximum atomic E-state index is 12.4. The monoisotopic (exact) mass is 288 g/mol. The van der Waals surface area contributed by atoms with Crippen molar-refractivity contribution in [3.63, 3.8) is 0 Å². The molecule has 2 heterocycles. The van der Waals surface area contributed by atoms with Crippen molar-refractivity contribution in [2.75, 3.05) is 6.61 Å². The van der Waals surface area contributed by atoms with Crippen molar-refractivity contribution in [2.45, 2.75) is 32.2 Å². The maximum absolute atomic E-state index is 12.4. The van der Waals surface area contributed by atoms with Gasteiger partial charge in [0.15, 0.2) is 5.65 Å². The first-order chi connectivity index (χ1) is 10.0. The van der Waals surface area contributed by atoms with E-state index >= 15 is 0 Å². The summed E-state index contributed by atoms with van der Waals surface area (Å²) >= 11 is 0. The van der Waals surface area contributed by atoms with Crippen LogP contribution in [0.15, 0.2) is 18.6 Å². The van der Waals surface area contributed by atoms with Gasteiger partial charge in [-0.3, -0.25) is 4.79 Å². The zero-order chi connectivity index (χ0) is 15.0. The second-order valence-electron chi connectivity index (χ2n) is 6.15. The number of fused-ring (bicyclic) bond motifs is 1. The standard InChI is InChI=1S/C15H20N4O2/c1-15(8-20)5-3-4-12(15)18-14(21)10-6-11-13(16-7-10)19(2)9-17-11/h6-7,9,12,20H,3-5,8H2,1-2H3,(H,18,21). The molecular formula is C15H20N4O2. The number of aliphatic hydroxyl groups excluding tert-OH is 1. The Labute approximate surface area is 123 Å². The largest absolute Gasteiger partial charge is 0.396 e. The van der Waals surface area contributed by atoms with Crippen molar-refractivity contribution in [3.05, 3.63) is 24.2 Å². The third-order valence-corrected chi connectivity index (χ3v) is 4.56. The number of aryl methyl sites for hydroxylation is 1. The van der Waals surface area contributed by atoms with Crippen LogP contribution in [0.25, 0.3) is 11.2 Å². The Balaban J connectivity index is 1.80. The number of imidazole rings is 1. The second kappa shape index (κ2) is 5.11. The lowest BCUT2D eigenvalue weighted by Gasteiger charge is -2.30. The molecule has 0 spiro atoms. The fourth-order valence-electron chi connectivity index (χ4n) is 3.05. The topological polar surface area (TPSA) is 80.0 Å². The van der Waals surface area contributed by atoms with Gasteiger partial charge in [0.1, 0.15) is 5.52 Å². The molecular weight excluding hydrogens is 268 g/mol. The van der Waals surface area contributed by atoms with Crippen molar-refractivity contribution in [3.8, 4) is 0 Å². The molecule has 3 rings (SSSR count). The molecule has 2 aromatic heterocycles. The Morgan fingerprint density at radius 3 is 3.14 bits per heavy atom. The molecule has 0 radical (unpaired) electrons. The molecule has 0 aliphatic heterocycles. The van der Waals surface area contributed by atoms with Crippen molar-refractivity contribution < 1.29 is 9.90 Å². The number of pyridine rings is 1. The van der Waals surface area contributed by atoms with Crippen molar-refractivity contribution >= 4 is 17.1 Å². The molecule has 2 aromatic rings. The van der Waals surface area contributed by atoms with Crippen LogP contribution in [-0.2, 0) is 7.05 Å². The molecule has 1 fully saturated rings. The van der Waals surface area contributed by atoms with E-state index in [1.54, 1.807) is 18.6 Å². The highest BCUT2D eigenvalue weighted by molar-refractivity contribution is 5.96. The third-order valence-electron chi connectivity index (χ3n) is 4.56. The molecule has 6 nitrogen and oxygen atoms in total. The molecule has 2 atom stereocenters. The molecule has 6 heteroatoms. The summed E-state index contributed by atoms with van der Waals surface area (Å²) in [6.45, 7) is 2.11. The number of carbonyl (C=O) groups is 1. The van der Waals surface area contributed by atoms with Gasteiger partial charge >= 0.3 is 0 Å². The number of hydrogen-bond donors (Lipinski definition) is 2. The molecule has 0 bridgehead atoms. The van der Waals surface area contributed by atoms with E-state index in [-0.39, 0.29) is 24.0 Å². The summed E-state index contributed by atoms with van der Waals surface area (Å²) in [6.07, 6.45) is 6.12. The molecule has 1 aliphatic rings. The molecule has 1 aliphatic carbocycles. The van der Waals surface area contributed by atoms with E-state index in [0.717, 1.165) is 24.9 Å². The van der Waals surface area contributed by atoms with Crippen LogP contribution < -0.4 is 5.32 Å². The average Bonchev–Trinajstić information content (AvgIpc) is 3.03. The first-order valence-electron chi connectivity index (χ1n) is 7.22. The molecule has 1 saturated carbocycles. The molecule has 0 saturated heterocycles. The number of aliphatic hydroxyl groups is 1. The lowest BCUT2D eigenvalue weighted by atomic mass is 9.85. The molecule has 0 aromatic carbocycles. The number of nitrogens with zero attached hydrogens (tertiary/aromatic N) is 3. The number of nitrogens with one attached hydrogen (secondary N) is 1. The van der Waals surface area contributed by atoms with E-state index in [2.05, 4.69) is 15.3 Å². The zero-order valence-electron chi connectivity index (χ0n) is 12.3. The van der Waals surface area contributed by atoms with Gasteiger partial charge in [-0.05, 0) is 18.9 Å². The normalized spacial score (nSPS) is 25.4. The van der Waals surface area contributed by atoms with Gasteiger partial charge in [0.25, 0.3) is 5.91 Å². The van der Waals surface area contributed by atoms with Crippen LogP contribution in [-0.4, -0.2) is 38.2 Å². The maximum Gasteiger partial charge on any atom is 0.253 e. The highest BCUT2D eigenvalue weighted by atomic mass is 16.3. The number of amides is 1. The minimum absolute atomic E-state index is 0.00873. The zero-order valence-corrected chi connectivity index (χ0v) is 12.3. The first kappa shape index (κ1) is 14.0. The van der Waals surface area contributed by atoms with E-state index < -0.39 is 0 Å². The summed E-state index contributed by atoms with van der Waals surface area (Å²) in [5.74, 6) is -0.151. The molecule has 112 valence electrons. The van der Waals surface area contributed by atoms with E-state index in [4.69, 9.17) is 0 Å². The molecule has 2 unspecified atom stereocenters. The van der Waals surface area contributed by atoms with Crippen LogP contribution in [0.4, 0.5) is 0 Å². The highest BCUT2D eigenvalue weighted by Crippen LogP contribution is 2.37. The van der Waals surface area contributed by atoms with Gasteiger partial charge in [-0.1, -0.05) is 13.3 Å². The Morgan fingerprint density at radius 2 is 2.38 bits per heavy atom. The fraction of sp³-hybridized carbons (Fsp3) is 0.533. The lowest BCUT2D eigenvalue weighted by Crippen LogP contribution is -2.44. The quantitative estimate of drug-likeness (QED) is 0.890. The predicted octanol–water partition coefficient (Wildman–Crippen LogP) is 1.25. The van der Waals surface area contributed by atoms with Gasteiger partial charge in [-0.2, -0.15) is 0 Å². The van der Waals surface area contributed by atoms with Crippen LogP contribution in [0.2, 0.25) is 0 Å². The number of carbonyl (C=O) groups excluding carboxylic acids is 1. The van der Waals surface area contributed by atoms with Crippen LogP contribution >= 0.6 is 0 Å². The van der Waals surface area contributed by atoms with E-state index in [1.165, 1.54) is 0 Å². The van der Waals surface area contributed by atoms with E-state index in [0.29, 0.717) is 11.1 Å². The lowest BCUT2D eigenvalue weighted by molar-refractivity contribution is 0.0830. The van der Waals surface area contributed by atoms with Gasteiger partial charge in [-0.15, -0.1) is 0 Å². The summed E-state index contributed by atoms with van der Waals surface area (Å²) in [5.41, 5.74) is 1.75. The Hall–Kier alpha value is -1.95. The minimum atomic E-state index is -0.224.